The molecule has 0 unspecified atom stereocenters. The third-order valence-electron chi connectivity index (χ3n) is 4.76. The molecule has 4 atom stereocenters. The van der Waals surface area contributed by atoms with Gasteiger partial charge in [-0.15, -0.1) is 6.58 Å². The molecule has 0 aliphatic carbocycles. The van der Waals surface area contributed by atoms with Gasteiger partial charge >= 0.3 is 5.97 Å². The number of carbonyl (C=O) groups excluding carboxylic acids is 1. The van der Waals surface area contributed by atoms with Crippen molar-refractivity contribution in [1.29, 1.82) is 0 Å². The van der Waals surface area contributed by atoms with E-state index < -0.39 is 0 Å². The molecule has 4 nitrogen and oxygen atoms in total. The molecule has 4 heteroatoms. The summed E-state index contributed by atoms with van der Waals surface area (Å²) in [5.74, 6) is -0.263. The largest absolute Gasteiger partial charge is 0.460 e. The van der Waals surface area contributed by atoms with Crippen LogP contribution in [0.15, 0.2) is 43.0 Å². The van der Waals surface area contributed by atoms with Crippen LogP contribution in [0.1, 0.15) is 57.9 Å². The Labute approximate surface area is 157 Å². The smallest absolute Gasteiger partial charge is 0.302 e. The van der Waals surface area contributed by atoms with Crippen LogP contribution in [0.3, 0.4) is 0 Å². The van der Waals surface area contributed by atoms with Crippen molar-refractivity contribution in [2.24, 2.45) is 0 Å². The van der Waals surface area contributed by atoms with Crippen LogP contribution in [-0.2, 0) is 25.6 Å². The van der Waals surface area contributed by atoms with E-state index in [4.69, 9.17) is 14.2 Å². The lowest BCUT2D eigenvalue weighted by Gasteiger charge is -2.24. The molecule has 26 heavy (non-hydrogen) atoms. The van der Waals surface area contributed by atoms with Crippen LogP contribution in [0.4, 0.5) is 0 Å². The highest BCUT2D eigenvalue weighted by Gasteiger charge is 2.40. The summed E-state index contributed by atoms with van der Waals surface area (Å²) in [6, 6.07) is 10.2. The first-order chi connectivity index (χ1) is 12.6. The summed E-state index contributed by atoms with van der Waals surface area (Å²) in [6.45, 7) is 8.01. The minimum Gasteiger partial charge on any atom is -0.460 e. The lowest BCUT2D eigenvalue weighted by atomic mass is 10.0. The van der Waals surface area contributed by atoms with E-state index in [9.17, 15) is 4.79 Å². The van der Waals surface area contributed by atoms with Gasteiger partial charge in [0.05, 0.1) is 24.9 Å². The van der Waals surface area contributed by atoms with Gasteiger partial charge in [-0.3, -0.25) is 4.79 Å². The summed E-state index contributed by atoms with van der Waals surface area (Å²) in [7, 11) is 0. The Kier molecular flexibility index (Phi) is 8.86. The highest BCUT2D eigenvalue weighted by molar-refractivity contribution is 5.66. The van der Waals surface area contributed by atoms with Gasteiger partial charge in [0, 0.05) is 13.3 Å². The lowest BCUT2D eigenvalue weighted by Crippen LogP contribution is -2.29. The molecule has 1 aromatic rings. The van der Waals surface area contributed by atoms with Gasteiger partial charge in [-0.1, -0.05) is 62.6 Å². The minimum atomic E-state index is -0.263. The molecular formula is C22H32O4. The minimum absolute atomic E-state index is 0.00892. The number of hydrogen-bond acceptors (Lipinski definition) is 4. The predicted octanol–water partition coefficient (Wildman–Crippen LogP) is 4.82. The van der Waals surface area contributed by atoms with Crippen molar-refractivity contribution in [3.05, 3.63) is 48.6 Å². The fourth-order valence-corrected chi connectivity index (χ4v) is 3.45. The molecule has 144 valence electrons. The van der Waals surface area contributed by atoms with Gasteiger partial charge in [-0.2, -0.15) is 0 Å². The van der Waals surface area contributed by atoms with Gasteiger partial charge < -0.3 is 14.2 Å². The summed E-state index contributed by atoms with van der Waals surface area (Å²) in [4.78, 5) is 11.4. The highest BCUT2D eigenvalue weighted by atomic mass is 16.6. The molecule has 0 amide bonds. The number of rotatable bonds is 11. The van der Waals surface area contributed by atoms with Gasteiger partial charge in [-0.05, 0) is 18.4 Å². The monoisotopic (exact) mass is 360 g/mol. The first-order valence-electron chi connectivity index (χ1n) is 9.73. The quantitative estimate of drug-likeness (QED) is 0.322. The van der Waals surface area contributed by atoms with Crippen molar-refractivity contribution in [2.45, 2.75) is 83.4 Å². The first kappa shape index (κ1) is 20.7. The van der Waals surface area contributed by atoms with Crippen LogP contribution in [0, 0.1) is 0 Å². The highest BCUT2D eigenvalue weighted by Crippen LogP contribution is 2.31. The summed E-state index contributed by atoms with van der Waals surface area (Å²) in [6.07, 6.45) is 7.21. The van der Waals surface area contributed by atoms with E-state index in [0.717, 1.165) is 18.4 Å². The maximum absolute atomic E-state index is 11.4. The van der Waals surface area contributed by atoms with Crippen LogP contribution in [-0.4, -0.2) is 30.4 Å². The molecule has 0 spiro atoms. The molecule has 0 aromatic heterocycles. The summed E-state index contributed by atoms with van der Waals surface area (Å²) < 4.78 is 17.9. The number of unbranched alkanes of at least 4 members (excludes halogenated alkanes) is 2. The number of esters is 1. The summed E-state index contributed by atoms with van der Waals surface area (Å²) >= 11 is 0. The van der Waals surface area contributed by atoms with E-state index >= 15 is 0 Å². The van der Waals surface area contributed by atoms with Crippen molar-refractivity contribution in [1.82, 2.24) is 0 Å². The van der Waals surface area contributed by atoms with E-state index in [2.05, 4.69) is 25.6 Å². The average Bonchev–Trinajstić information content (AvgIpc) is 3.01. The van der Waals surface area contributed by atoms with Crippen LogP contribution >= 0.6 is 0 Å². The van der Waals surface area contributed by atoms with Crippen molar-refractivity contribution >= 4 is 5.97 Å². The Morgan fingerprint density at radius 3 is 2.77 bits per heavy atom. The number of hydrogen-bond donors (Lipinski definition) is 0. The van der Waals surface area contributed by atoms with Crippen molar-refractivity contribution in [3.63, 3.8) is 0 Å². The zero-order valence-corrected chi connectivity index (χ0v) is 16.1. The van der Waals surface area contributed by atoms with Gasteiger partial charge in [-0.25, -0.2) is 0 Å². The standard InChI is InChI=1S/C22H32O4/c1-4-6-8-14-19(24-16-18-12-9-7-10-13-18)21-15-22(25-17(3)23)20(26-21)11-5-2/h5,7,9-10,12-13,19-22H,2,4,6,8,11,14-16H2,1,3H3/t19-,20+,21-,22-/m1/s1. The second-order valence-corrected chi connectivity index (χ2v) is 6.95. The molecule has 2 rings (SSSR count). The van der Waals surface area contributed by atoms with E-state index in [-0.39, 0.29) is 30.4 Å². The van der Waals surface area contributed by atoms with Crippen LogP contribution in [0.2, 0.25) is 0 Å². The SMILES string of the molecule is C=CC[C@@H]1O[C@@H]([C@@H](CCCCC)OCc2ccccc2)C[C@H]1OC(C)=O. The molecule has 0 bridgehead atoms. The Morgan fingerprint density at radius 2 is 2.12 bits per heavy atom. The third kappa shape index (κ3) is 6.58. The van der Waals surface area contributed by atoms with Crippen LogP contribution in [0.25, 0.3) is 0 Å². The average molecular weight is 360 g/mol. The maximum atomic E-state index is 11.4. The number of ether oxygens (including phenoxy) is 3. The van der Waals surface area contributed by atoms with Gasteiger partial charge in [0.25, 0.3) is 0 Å². The molecule has 1 saturated heterocycles. The fraction of sp³-hybridized carbons (Fsp3) is 0.591. The molecule has 1 fully saturated rings. The van der Waals surface area contributed by atoms with Crippen LogP contribution < -0.4 is 0 Å². The zero-order chi connectivity index (χ0) is 18.8. The van der Waals surface area contributed by atoms with Crippen molar-refractivity contribution in [3.8, 4) is 0 Å². The Hall–Kier alpha value is -1.65. The Morgan fingerprint density at radius 1 is 1.35 bits per heavy atom. The summed E-state index contributed by atoms with van der Waals surface area (Å²) in [5.41, 5.74) is 1.16. The molecule has 1 aromatic carbocycles. The third-order valence-corrected chi connectivity index (χ3v) is 4.76. The topological polar surface area (TPSA) is 44.8 Å². The van der Waals surface area contributed by atoms with Gasteiger partial charge in [0.1, 0.15) is 6.10 Å². The van der Waals surface area contributed by atoms with E-state index in [1.807, 2.05) is 24.3 Å². The molecular weight excluding hydrogens is 328 g/mol. The van der Waals surface area contributed by atoms with Crippen molar-refractivity contribution < 1.29 is 19.0 Å². The van der Waals surface area contributed by atoms with Gasteiger partial charge in [0.15, 0.2) is 0 Å². The molecule has 1 heterocycles. The molecule has 1 aliphatic heterocycles. The van der Waals surface area contributed by atoms with Crippen LogP contribution in [0.5, 0.6) is 0 Å². The predicted molar refractivity (Wildman–Crippen MR) is 103 cm³/mol. The van der Waals surface area contributed by atoms with Gasteiger partial charge in [0.2, 0.25) is 0 Å². The second kappa shape index (κ2) is 11.1. The summed E-state index contributed by atoms with van der Waals surface area (Å²) in [5, 5.41) is 0. The second-order valence-electron chi connectivity index (χ2n) is 6.95. The molecule has 1 aliphatic rings. The molecule has 0 N–H and O–H groups in total. The number of carbonyl (C=O) groups is 1. The van der Waals surface area contributed by atoms with E-state index in [1.165, 1.54) is 19.8 Å². The Bertz CT molecular complexity index is 542. The van der Waals surface area contributed by atoms with E-state index in [1.54, 1.807) is 0 Å². The maximum Gasteiger partial charge on any atom is 0.302 e. The number of benzene rings is 1. The van der Waals surface area contributed by atoms with E-state index in [0.29, 0.717) is 19.4 Å². The molecule has 0 radical (unpaired) electrons. The molecule has 0 saturated carbocycles. The normalized spacial score (nSPS) is 23.5. The Balaban J connectivity index is 2.00. The first-order valence-corrected chi connectivity index (χ1v) is 9.73. The lowest BCUT2D eigenvalue weighted by molar-refractivity contribution is -0.149. The fourth-order valence-electron chi connectivity index (χ4n) is 3.45. The zero-order valence-electron chi connectivity index (χ0n) is 16.1. The van der Waals surface area contributed by atoms with Crippen molar-refractivity contribution in [2.75, 3.05) is 0 Å².